The molecule has 3 aromatic rings. The summed E-state index contributed by atoms with van der Waals surface area (Å²) in [6, 6.07) is 10.4. The van der Waals surface area contributed by atoms with E-state index in [2.05, 4.69) is 20.5 Å². The van der Waals surface area contributed by atoms with Crippen molar-refractivity contribution in [2.75, 3.05) is 12.4 Å². The molecule has 0 saturated heterocycles. The Balaban J connectivity index is 1.64. The van der Waals surface area contributed by atoms with E-state index < -0.39 is 0 Å². The van der Waals surface area contributed by atoms with Crippen LogP contribution in [0.25, 0.3) is 0 Å². The minimum absolute atomic E-state index is 0.242. The number of nitrogens with one attached hydrogen (secondary N) is 1. The predicted octanol–water partition coefficient (Wildman–Crippen LogP) is 3.44. The fourth-order valence-electron chi connectivity index (χ4n) is 1.97. The lowest BCUT2D eigenvalue weighted by atomic mass is 10.2. The molecule has 0 radical (unpaired) electrons. The zero-order valence-corrected chi connectivity index (χ0v) is 14.3. The zero-order chi connectivity index (χ0) is 16.9. The largest absolute Gasteiger partial charge is 0.497 e. The molecule has 2 heterocycles. The van der Waals surface area contributed by atoms with Crippen LogP contribution in [-0.2, 0) is 6.42 Å². The van der Waals surface area contributed by atoms with Crippen LogP contribution in [-0.4, -0.2) is 28.2 Å². The molecule has 0 spiro atoms. The predicted molar refractivity (Wildman–Crippen MR) is 92.9 cm³/mol. The van der Waals surface area contributed by atoms with Crippen molar-refractivity contribution in [3.05, 3.63) is 63.9 Å². The van der Waals surface area contributed by atoms with E-state index in [9.17, 15) is 4.79 Å². The molecule has 1 N–H and O–H groups in total. The minimum atomic E-state index is -0.242. The van der Waals surface area contributed by atoms with Gasteiger partial charge in [-0.2, -0.15) is 0 Å². The molecule has 8 heteroatoms. The lowest BCUT2D eigenvalue weighted by Gasteiger charge is -2.02. The van der Waals surface area contributed by atoms with Crippen LogP contribution in [0, 0.1) is 0 Å². The lowest BCUT2D eigenvalue weighted by Crippen LogP contribution is -2.11. The number of pyridine rings is 1. The van der Waals surface area contributed by atoms with Gasteiger partial charge >= 0.3 is 0 Å². The number of carbonyl (C=O) groups is 1. The number of benzene rings is 1. The molecule has 0 fully saturated rings. The molecule has 0 bridgehead atoms. The maximum atomic E-state index is 12.2. The van der Waals surface area contributed by atoms with Gasteiger partial charge in [0.05, 0.1) is 7.11 Å². The highest BCUT2D eigenvalue weighted by molar-refractivity contribution is 7.15. The average molecular weight is 361 g/mol. The van der Waals surface area contributed by atoms with Gasteiger partial charge in [-0.25, -0.2) is 4.98 Å². The van der Waals surface area contributed by atoms with Crippen LogP contribution in [0.2, 0.25) is 5.15 Å². The van der Waals surface area contributed by atoms with Gasteiger partial charge in [0.1, 0.15) is 15.9 Å². The summed E-state index contributed by atoms with van der Waals surface area (Å²) in [6.45, 7) is 0. The van der Waals surface area contributed by atoms with E-state index in [0.717, 1.165) is 10.6 Å². The normalized spacial score (nSPS) is 10.4. The number of carbonyl (C=O) groups excluding carboxylic acids is 1. The van der Waals surface area contributed by atoms with Gasteiger partial charge in [-0.1, -0.05) is 29.0 Å². The Morgan fingerprint density at radius 1 is 1.21 bits per heavy atom. The average Bonchev–Trinajstić information content (AvgIpc) is 3.04. The molecule has 122 valence electrons. The third-order valence-electron chi connectivity index (χ3n) is 3.18. The summed E-state index contributed by atoms with van der Waals surface area (Å²) < 4.78 is 5.07. The molecule has 0 atom stereocenters. The molecule has 3 rings (SSSR count). The smallest absolute Gasteiger partial charge is 0.257 e. The summed E-state index contributed by atoms with van der Waals surface area (Å²) in [4.78, 5) is 16.2. The summed E-state index contributed by atoms with van der Waals surface area (Å²) in [5.41, 5.74) is 1.50. The van der Waals surface area contributed by atoms with Crippen molar-refractivity contribution in [2.24, 2.45) is 0 Å². The molecule has 0 saturated carbocycles. The van der Waals surface area contributed by atoms with Crippen LogP contribution >= 0.6 is 22.9 Å². The molecule has 24 heavy (non-hydrogen) atoms. The first kappa shape index (κ1) is 16.4. The van der Waals surface area contributed by atoms with Gasteiger partial charge in [0.2, 0.25) is 5.13 Å². The Morgan fingerprint density at radius 2 is 2.00 bits per heavy atom. The number of ether oxygens (including phenoxy) is 1. The summed E-state index contributed by atoms with van der Waals surface area (Å²) in [5.74, 6) is 0.454. The van der Waals surface area contributed by atoms with Crippen LogP contribution in [0.4, 0.5) is 5.13 Å². The van der Waals surface area contributed by atoms with E-state index in [1.165, 1.54) is 11.3 Å². The highest BCUT2D eigenvalue weighted by atomic mass is 35.5. The molecule has 1 aromatic carbocycles. The van der Waals surface area contributed by atoms with Gasteiger partial charge in [-0.05, 0) is 35.9 Å². The highest BCUT2D eigenvalue weighted by Crippen LogP contribution is 2.20. The van der Waals surface area contributed by atoms with E-state index in [-0.39, 0.29) is 5.91 Å². The van der Waals surface area contributed by atoms with Crippen LogP contribution in [0.5, 0.6) is 5.75 Å². The van der Waals surface area contributed by atoms with E-state index in [0.29, 0.717) is 28.0 Å². The number of anilines is 1. The Labute approximate surface area is 147 Å². The number of halogens is 1. The lowest BCUT2D eigenvalue weighted by molar-refractivity contribution is 0.102. The molecule has 0 unspecified atom stereocenters. The monoisotopic (exact) mass is 360 g/mol. The van der Waals surface area contributed by atoms with Crippen molar-refractivity contribution >= 4 is 34.0 Å². The third kappa shape index (κ3) is 4.06. The number of hydrogen-bond acceptors (Lipinski definition) is 6. The van der Waals surface area contributed by atoms with Crippen LogP contribution < -0.4 is 10.1 Å². The molecule has 1 amide bonds. The van der Waals surface area contributed by atoms with E-state index in [1.807, 2.05) is 6.07 Å². The van der Waals surface area contributed by atoms with E-state index in [1.54, 1.807) is 43.6 Å². The molecule has 0 aliphatic carbocycles. The molecule has 2 aromatic heterocycles. The molecular formula is C16H13ClN4O2S. The van der Waals surface area contributed by atoms with Crippen molar-refractivity contribution in [1.82, 2.24) is 15.2 Å². The maximum absolute atomic E-state index is 12.2. The standard InChI is InChI=1S/C16H13ClN4O2S/c1-23-12-5-3-11(4-6-12)15(22)19-16-21-20-14(24-16)8-10-2-7-13(17)18-9-10/h2-7,9H,8H2,1H3,(H,19,21,22). The quantitative estimate of drug-likeness (QED) is 0.705. The van der Waals surface area contributed by atoms with Gasteiger partial charge in [-0.15, -0.1) is 10.2 Å². The van der Waals surface area contributed by atoms with Crippen molar-refractivity contribution < 1.29 is 9.53 Å². The number of hydrogen-bond donors (Lipinski definition) is 1. The van der Waals surface area contributed by atoms with Crippen molar-refractivity contribution in [2.45, 2.75) is 6.42 Å². The van der Waals surface area contributed by atoms with E-state index >= 15 is 0 Å². The van der Waals surface area contributed by atoms with Crippen LogP contribution in [0.1, 0.15) is 20.9 Å². The number of nitrogens with zero attached hydrogens (tertiary/aromatic N) is 3. The molecular weight excluding hydrogens is 348 g/mol. The maximum Gasteiger partial charge on any atom is 0.257 e. The minimum Gasteiger partial charge on any atom is -0.497 e. The second-order valence-corrected chi connectivity index (χ2v) is 6.30. The summed E-state index contributed by atoms with van der Waals surface area (Å²) >= 11 is 7.08. The fourth-order valence-corrected chi connectivity index (χ4v) is 2.85. The first-order valence-corrected chi connectivity index (χ1v) is 8.22. The first-order valence-electron chi connectivity index (χ1n) is 7.02. The van der Waals surface area contributed by atoms with Crippen molar-refractivity contribution in [1.29, 1.82) is 0 Å². The van der Waals surface area contributed by atoms with Crippen molar-refractivity contribution in [3.63, 3.8) is 0 Å². The Hall–Kier alpha value is -2.51. The van der Waals surface area contributed by atoms with Crippen molar-refractivity contribution in [3.8, 4) is 5.75 Å². The fraction of sp³-hybridized carbons (Fsp3) is 0.125. The highest BCUT2D eigenvalue weighted by Gasteiger charge is 2.11. The molecule has 0 aliphatic heterocycles. The number of amides is 1. The summed E-state index contributed by atoms with van der Waals surface area (Å²) in [5, 5.41) is 12.5. The van der Waals surface area contributed by atoms with Gasteiger partial charge in [0.15, 0.2) is 0 Å². The number of methoxy groups -OCH3 is 1. The SMILES string of the molecule is COc1ccc(C(=O)Nc2nnc(Cc3ccc(Cl)nc3)s2)cc1. The van der Waals surface area contributed by atoms with Crippen LogP contribution in [0.3, 0.4) is 0 Å². The second-order valence-electron chi connectivity index (χ2n) is 4.85. The third-order valence-corrected chi connectivity index (χ3v) is 4.25. The van der Waals surface area contributed by atoms with Gasteiger partial charge in [0.25, 0.3) is 5.91 Å². The van der Waals surface area contributed by atoms with Gasteiger partial charge < -0.3 is 4.74 Å². The van der Waals surface area contributed by atoms with Gasteiger partial charge in [-0.3, -0.25) is 10.1 Å². The summed E-state index contributed by atoms with van der Waals surface area (Å²) in [7, 11) is 1.58. The Morgan fingerprint density at radius 3 is 2.67 bits per heavy atom. The van der Waals surface area contributed by atoms with Crippen LogP contribution in [0.15, 0.2) is 42.6 Å². The summed E-state index contributed by atoms with van der Waals surface area (Å²) in [6.07, 6.45) is 2.28. The Kier molecular flexibility index (Phi) is 5.02. The molecule has 6 nitrogen and oxygen atoms in total. The van der Waals surface area contributed by atoms with Gasteiger partial charge in [0, 0.05) is 18.2 Å². The second kappa shape index (κ2) is 7.37. The Bertz CT molecular complexity index is 834. The number of rotatable bonds is 5. The number of aromatic nitrogens is 3. The molecule has 0 aliphatic rings. The van der Waals surface area contributed by atoms with E-state index in [4.69, 9.17) is 16.3 Å². The zero-order valence-electron chi connectivity index (χ0n) is 12.7. The topological polar surface area (TPSA) is 77.0 Å². The first-order chi connectivity index (χ1) is 11.6.